The molecule has 0 saturated heterocycles. The Labute approximate surface area is 100.0 Å². The van der Waals surface area contributed by atoms with Crippen LogP contribution < -0.4 is 4.40 Å². The van der Waals surface area contributed by atoms with Crippen LogP contribution in [0.3, 0.4) is 0 Å². The Balaban J connectivity index is 2.24. The molecule has 0 N–H and O–H groups in total. The molecule has 0 bridgehead atoms. The number of rotatable bonds is 1. The molecule has 0 amide bonds. The van der Waals surface area contributed by atoms with Crippen molar-refractivity contribution in [2.45, 2.75) is 6.92 Å². The lowest BCUT2D eigenvalue weighted by Gasteiger charge is -1.98. The van der Waals surface area contributed by atoms with Gasteiger partial charge in [-0.05, 0) is 6.92 Å². The molecule has 3 aromatic rings. The van der Waals surface area contributed by atoms with Gasteiger partial charge in [-0.3, -0.25) is 0 Å². The molecule has 0 aliphatic rings. The van der Waals surface area contributed by atoms with E-state index in [1.54, 1.807) is 0 Å². The molecule has 3 rings (SSSR count). The Hall–Kier alpha value is -2.16. The molecule has 0 radical (unpaired) electrons. The van der Waals surface area contributed by atoms with Crippen molar-refractivity contribution in [2.75, 3.05) is 0 Å². The van der Waals surface area contributed by atoms with E-state index < -0.39 is 0 Å². The molecule has 17 heavy (non-hydrogen) atoms. The fraction of sp³-hybridized carbons (Fsp3) is 0.143. The van der Waals surface area contributed by atoms with Crippen molar-refractivity contribution in [1.29, 1.82) is 0 Å². The van der Waals surface area contributed by atoms with Crippen LogP contribution in [-0.4, -0.2) is 9.55 Å². The minimum Gasteiger partial charge on any atom is -0.227 e. The van der Waals surface area contributed by atoms with E-state index in [0.29, 0.717) is 0 Å². The molecule has 2 heterocycles. The van der Waals surface area contributed by atoms with Gasteiger partial charge in [0.25, 0.3) is 0 Å². The second kappa shape index (κ2) is 3.70. The summed E-state index contributed by atoms with van der Waals surface area (Å²) in [5.41, 5.74) is 3.66. The summed E-state index contributed by atoms with van der Waals surface area (Å²) >= 11 is 0. The number of imidazole rings is 1. The van der Waals surface area contributed by atoms with Gasteiger partial charge in [0.05, 0.1) is 13.2 Å². The molecule has 0 aliphatic carbocycles. The first kappa shape index (κ1) is 10.0. The largest absolute Gasteiger partial charge is 0.403 e. The molecule has 84 valence electrons. The molecule has 0 unspecified atom stereocenters. The highest BCUT2D eigenvalue weighted by atomic mass is 15.2. The number of benzene rings is 1. The Morgan fingerprint density at radius 3 is 2.65 bits per heavy atom. The summed E-state index contributed by atoms with van der Waals surface area (Å²) in [5, 5.41) is 0. The summed E-state index contributed by atoms with van der Waals surface area (Å²) in [7, 11) is 2.04. The van der Waals surface area contributed by atoms with E-state index in [2.05, 4.69) is 46.9 Å². The second-order valence-corrected chi connectivity index (χ2v) is 4.27. The van der Waals surface area contributed by atoms with Crippen LogP contribution in [0.2, 0.25) is 0 Å². The maximum Gasteiger partial charge on any atom is 0.403 e. The summed E-state index contributed by atoms with van der Waals surface area (Å²) in [6, 6.07) is 10.5. The van der Waals surface area contributed by atoms with Crippen LogP contribution in [0.1, 0.15) is 5.56 Å². The van der Waals surface area contributed by atoms with Gasteiger partial charge in [0.1, 0.15) is 18.1 Å². The lowest BCUT2D eigenvalue weighted by atomic mass is 10.1. The van der Waals surface area contributed by atoms with Gasteiger partial charge in [-0.1, -0.05) is 34.8 Å². The van der Waals surface area contributed by atoms with Crippen LogP contribution >= 0.6 is 0 Å². The van der Waals surface area contributed by atoms with E-state index in [0.717, 1.165) is 5.78 Å². The third kappa shape index (κ3) is 1.60. The second-order valence-electron chi connectivity index (χ2n) is 4.27. The van der Waals surface area contributed by atoms with Crippen LogP contribution in [0.4, 0.5) is 0 Å². The van der Waals surface area contributed by atoms with E-state index >= 15 is 0 Å². The monoisotopic (exact) mass is 224 g/mol. The molecule has 0 spiro atoms. The van der Waals surface area contributed by atoms with Gasteiger partial charge < -0.3 is 0 Å². The molecule has 0 fully saturated rings. The number of aryl methyl sites for hydroxylation is 2. The molecule has 2 aromatic heterocycles. The topological polar surface area (TPSA) is 21.9 Å². The summed E-state index contributed by atoms with van der Waals surface area (Å²) in [5.74, 6) is 0.947. The van der Waals surface area contributed by atoms with Gasteiger partial charge >= 0.3 is 5.78 Å². The molecule has 1 aromatic carbocycles. The standard InChI is InChI=1S/C14H14N3/c1-11-4-6-12(7-5-11)13-10-17-9-3-8-15-14(17)16(13)2/h3-10H,1-2H3/q+1. The highest BCUT2D eigenvalue weighted by Gasteiger charge is 2.14. The van der Waals surface area contributed by atoms with Crippen molar-refractivity contribution in [3.8, 4) is 11.3 Å². The summed E-state index contributed by atoms with van der Waals surface area (Å²) in [6.07, 6.45) is 5.93. The minimum atomic E-state index is 0.947. The van der Waals surface area contributed by atoms with Gasteiger partial charge in [0, 0.05) is 11.6 Å². The maximum absolute atomic E-state index is 4.37. The highest BCUT2D eigenvalue weighted by molar-refractivity contribution is 5.60. The van der Waals surface area contributed by atoms with E-state index in [1.165, 1.54) is 16.8 Å². The number of aromatic nitrogens is 3. The van der Waals surface area contributed by atoms with E-state index in [-0.39, 0.29) is 0 Å². The van der Waals surface area contributed by atoms with Gasteiger partial charge in [-0.2, -0.15) is 0 Å². The average molecular weight is 224 g/mol. The highest BCUT2D eigenvalue weighted by Crippen LogP contribution is 2.19. The fourth-order valence-electron chi connectivity index (χ4n) is 2.05. The van der Waals surface area contributed by atoms with Gasteiger partial charge in [0.2, 0.25) is 0 Å². The van der Waals surface area contributed by atoms with Crippen molar-refractivity contribution < 1.29 is 4.40 Å². The van der Waals surface area contributed by atoms with Gasteiger partial charge in [-0.25, -0.2) is 8.97 Å². The van der Waals surface area contributed by atoms with Crippen molar-refractivity contribution in [3.05, 3.63) is 54.5 Å². The number of hydrogen-bond acceptors (Lipinski definition) is 1. The SMILES string of the molecule is Cc1ccc(-c2c[n+]3cccnc3n2C)cc1. The van der Waals surface area contributed by atoms with Crippen molar-refractivity contribution in [3.63, 3.8) is 0 Å². The quantitative estimate of drug-likeness (QED) is 0.580. The normalized spacial score (nSPS) is 10.9. The number of nitrogens with zero attached hydrogens (tertiary/aromatic N) is 3. The minimum absolute atomic E-state index is 0.947. The predicted molar refractivity (Wildman–Crippen MR) is 66.5 cm³/mol. The third-order valence-corrected chi connectivity index (χ3v) is 3.02. The Morgan fingerprint density at radius 1 is 1.18 bits per heavy atom. The first-order valence-electron chi connectivity index (χ1n) is 5.64. The first-order chi connectivity index (χ1) is 8.25. The molecule has 0 saturated carbocycles. The molecule has 3 nitrogen and oxygen atoms in total. The zero-order valence-corrected chi connectivity index (χ0v) is 9.96. The van der Waals surface area contributed by atoms with Crippen LogP contribution in [0.25, 0.3) is 17.0 Å². The summed E-state index contributed by atoms with van der Waals surface area (Å²) in [4.78, 5) is 4.37. The fourth-order valence-corrected chi connectivity index (χ4v) is 2.05. The zero-order valence-electron chi connectivity index (χ0n) is 9.96. The Bertz CT molecular complexity index is 666. The van der Waals surface area contributed by atoms with Crippen molar-refractivity contribution >= 4 is 5.78 Å². The van der Waals surface area contributed by atoms with Crippen LogP contribution in [0.5, 0.6) is 0 Å². The smallest absolute Gasteiger partial charge is 0.227 e. The summed E-state index contributed by atoms with van der Waals surface area (Å²) < 4.78 is 4.14. The number of hydrogen-bond donors (Lipinski definition) is 0. The molecule has 0 atom stereocenters. The van der Waals surface area contributed by atoms with Crippen molar-refractivity contribution in [2.24, 2.45) is 7.05 Å². The van der Waals surface area contributed by atoms with E-state index in [9.17, 15) is 0 Å². The predicted octanol–water partition coefficient (Wildman–Crippen LogP) is 2.13. The molecule has 3 heteroatoms. The summed E-state index contributed by atoms with van der Waals surface area (Å²) in [6.45, 7) is 2.10. The van der Waals surface area contributed by atoms with Gasteiger partial charge in [0.15, 0.2) is 0 Å². The van der Waals surface area contributed by atoms with Gasteiger partial charge in [-0.15, -0.1) is 0 Å². The van der Waals surface area contributed by atoms with Crippen LogP contribution in [-0.2, 0) is 7.05 Å². The zero-order chi connectivity index (χ0) is 11.8. The average Bonchev–Trinajstić information content (AvgIpc) is 2.69. The Morgan fingerprint density at radius 2 is 1.94 bits per heavy atom. The van der Waals surface area contributed by atoms with Crippen LogP contribution in [0.15, 0.2) is 48.9 Å². The van der Waals surface area contributed by atoms with E-state index in [4.69, 9.17) is 0 Å². The molecule has 0 aliphatic heterocycles. The third-order valence-electron chi connectivity index (χ3n) is 3.02. The lowest BCUT2D eigenvalue weighted by molar-refractivity contribution is -0.513. The van der Waals surface area contributed by atoms with Crippen molar-refractivity contribution in [1.82, 2.24) is 9.55 Å². The maximum atomic E-state index is 4.37. The number of fused-ring (bicyclic) bond motifs is 1. The Kier molecular flexibility index (Phi) is 2.18. The molecular formula is C14H14N3+. The van der Waals surface area contributed by atoms with E-state index in [1.807, 2.05) is 29.9 Å². The first-order valence-corrected chi connectivity index (χ1v) is 5.64. The molecular weight excluding hydrogens is 210 g/mol. The lowest BCUT2D eigenvalue weighted by Crippen LogP contribution is -2.19. The van der Waals surface area contributed by atoms with Crippen LogP contribution in [0, 0.1) is 6.92 Å².